The van der Waals surface area contributed by atoms with Crippen molar-refractivity contribution >= 4 is 80.4 Å². The van der Waals surface area contributed by atoms with Gasteiger partial charge < -0.3 is 15.4 Å². The van der Waals surface area contributed by atoms with Crippen molar-refractivity contribution in [2.45, 2.75) is 16.6 Å². The first kappa shape index (κ1) is 34.6. The molecule has 0 unspecified atom stereocenters. The summed E-state index contributed by atoms with van der Waals surface area (Å²) < 4.78 is 21.0. The van der Waals surface area contributed by atoms with E-state index in [0.717, 1.165) is 15.4 Å². The molecule has 12 heteroatoms. The van der Waals surface area contributed by atoms with E-state index in [2.05, 4.69) is 26.6 Å². The maximum Gasteiger partial charge on any atom is 0.272 e. The lowest BCUT2D eigenvalue weighted by molar-refractivity contribution is -0.121. The number of halogens is 3. The monoisotopic (exact) mass is 769 g/mol. The lowest BCUT2D eigenvalue weighted by Crippen LogP contribution is -2.31. The lowest BCUT2D eigenvalue weighted by Gasteiger charge is -2.16. The summed E-state index contributed by atoms with van der Waals surface area (Å²) in [6, 6.07) is 32.9. The number of benzene rings is 5. The van der Waals surface area contributed by atoms with E-state index >= 15 is 0 Å². The molecule has 0 spiro atoms. The highest BCUT2D eigenvalue weighted by atomic mass is 79.9. The third kappa shape index (κ3) is 8.49. The topological polar surface area (TPSA) is 105 Å². The standard InChI is InChI=1S/C38H26BrClFN3O5S/c39-24-10-8-23(9-11-24)20-33(43-36(46)31-6-1-2-7-32(31)41)37(47)42-26-4-3-5-30(21-26)50-34-22-35(45)44(38(34)48)27-14-18-29(19-15-27)49-28-16-12-25(40)13-17-28/h1-21,34H,22H2,(H,42,47)(H,43,46)/b33-20-/t34-/m1/s1. The summed E-state index contributed by atoms with van der Waals surface area (Å²) in [7, 11) is 0. The summed E-state index contributed by atoms with van der Waals surface area (Å²) in [5, 5.41) is 5.20. The van der Waals surface area contributed by atoms with Crippen LogP contribution in [0.5, 0.6) is 11.5 Å². The predicted molar refractivity (Wildman–Crippen MR) is 196 cm³/mol. The zero-order chi connectivity index (χ0) is 35.2. The number of carbonyl (C=O) groups is 4. The Hall–Kier alpha value is -5.23. The highest BCUT2D eigenvalue weighted by Crippen LogP contribution is 2.36. The second kappa shape index (κ2) is 15.5. The Morgan fingerprint density at radius 2 is 1.56 bits per heavy atom. The highest BCUT2D eigenvalue weighted by molar-refractivity contribution is 9.10. The number of carbonyl (C=O) groups excluding carboxylic acids is 4. The van der Waals surface area contributed by atoms with E-state index in [9.17, 15) is 23.6 Å². The van der Waals surface area contributed by atoms with Gasteiger partial charge in [-0.25, -0.2) is 9.29 Å². The van der Waals surface area contributed by atoms with Crippen LogP contribution in [0.3, 0.4) is 0 Å². The minimum atomic E-state index is -0.788. The number of thioether (sulfide) groups is 1. The Bertz CT molecular complexity index is 2110. The molecule has 0 aromatic heterocycles. The number of hydrogen-bond acceptors (Lipinski definition) is 6. The van der Waals surface area contributed by atoms with Gasteiger partial charge in [0.05, 0.1) is 16.5 Å². The average molecular weight is 771 g/mol. The summed E-state index contributed by atoms with van der Waals surface area (Å²) in [5.74, 6) is -1.74. The number of nitrogens with one attached hydrogen (secondary N) is 2. The van der Waals surface area contributed by atoms with Crippen molar-refractivity contribution in [2.75, 3.05) is 10.2 Å². The van der Waals surface area contributed by atoms with Crippen molar-refractivity contribution in [3.05, 3.63) is 153 Å². The summed E-state index contributed by atoms with van der Waals surface area (Å²) in [6.07, 6.45) is 1.47. The van der Waals surface area contributed by atoms with Gasteiger partial charge in [-0.05, 0) is 103 Å². The van der Waals surface area contributed by atoms with Gasteiger partial charge in [-0.3, -0.25) is 19.2 Å². The third-order valence-electron chi connectivity index (χ3n) is 7.41. The summed E-state index contributed by atoms with van der Waals surface area (Å²) in [5.41, 5.74) is 1.10. The molecule has 4 amide bonds. The second-order valence-corrected chi connectivity index (χ2v) is 13.6. The van der Waals surface area contributed by atoms with Gasteiger partial charge in [0, 0.05) is 26.5 Å². The predicted octanol–water partition coefficient (Wildman–Crippen LogP) is 8.87. The van der Waals surface area contributed by atoms with E-state index < -0.39 is 22.9 Å². The van der Waals surface area contributed by atoms with Crippen molar-refractivity contribution < 1.29 is 28.3 Å². The minimum absolute atomic E-state index is 0.00866. The Morgan fingerprint density at radius 3 is 2.26 bits per heavy atom. The van der Waals surface area contributed by atoms with Crippen LogP contribution in [-0.4, -0.2) is 28.9 Å². The van der Waals surface area contributed by atoms with Gasteiger partial charge in [-0.15, -0.1) is 11.8 Å². The van der Waals surface area contributed by atoms with Crippen LogP contribution < -0.4 is 20.3 Å². The molecule has 6 rings (SSSR count). The van der Waals surface area contributed by atoms with E-state index in [-0.39, 0.29) is 29.5 Å². The molecule has 0 radical (unpaired) electrons. The molecular weight excluding hydrogens is 745 g/mol. The molecule has 5 aromatic rings. The van der Waals surface area contributed by atoms with Crippen LogP contribution in [0.25, 0.3) is 6.08 Å². The van der Waals surface area contributed by atoms with Gasteiger partial charge in [0.15, 0.2) is 0 Å². The molecule has 1 aliphatic heterocycles. The van der Waals surface area contributed by atoms with E-state index in [0.29, 0.717) is 38.4 Å². The Kier molecular flexibility index (Phi) is 10.8. The molecule has 0 aliphatic carbocycles. The fourth-order valence-electron chi connectivity index (χ4n) is 5.00. The molecule has 50 heavy (non-hydrogen) atoms. The Morgan fingerprint density at radius 1 is 0.880 bits per heavy atom. The third-order valence-corrected chi connectivity index (χ3v) is 9.37. The molecule has 1 fully saturated rings. The van der Waals surface area contributed by atoms with E-state index in [4.69, 9.17) is 16.3 Å². The smallest absolute Gasteiger partial charge is 0.272 e. The number of amides is 4. The second-order valence-electron chi connectivity index (χ2n) is 11.0. The molecule has 8 nitrogen and oxygen atoms in total. The van der Waals surface area contributed by atoms with Crippen LogP contribution >= 0.6 is 39.3 Å². The van der Waals surface area contributed by atoms with Gasteiger partial charge in [0.25, 0.3) is 11.8 Å². The van der Waals surface area contributed by atoms with Gasteiger partial charge in [-0.2, -0.15) is 0 Å². The fourth-order valence-corrected chi connectivity index (χ4v) is 6.50. The molecule has 1 aliphatic rings. The maximum absolute atomic E-state index is 14.3. The van der Waals surface area contributed by atoms with Crippen molar-refractivity contribution in [1.29, 1.82) is 0 Å². The molecule has 5 aromatic carbocycles. The first-order valence-corrected chi connectivity index (χ1v) is 17.2. The first-order chi connectivity index (χ1) is 24.1. The molecule has 2 N–H and O–H groups in total. The minimum Gasteiger partial charge on any atom is -0.457 e. The number of anilines is 2. The number of hydrogen-bond donors (Lipinski definition) is 2. The molecule has 1 saturated heterocycles. The van der Waals surface area contributed by atoms with Gasteiger partial charge in [-0.1, -0.05) is 57.9 Å². The van der Waals surface area contributed by atoms with Crippen LogP contribution in [-0.2, 0) is 14.4 Å². The van der Waals surface area contributed by atoms with Gasteiger partial charge in [0.2, 0.25) is 11.8 Å². The normalized spacial score (nSPS) is 14.4. The number of nitrogens with zero attached hydrogens (tertiary/aromatic N) is 1. The first-order valence-electron chi connectivity index (χ1n) is 15.1. The quantitative estimate of drug-likeness (QED) is 0.109. The van der Waals surface area contributed by atoms with Gasteiger partial charge >= 0.3 is 0 Å². The Balaban J connectivity index is 1.14. The van der Waals surface area contributed by atoms with Crippen molar-refractivity contribution in [3.8, 4) is 11.5 Å². The van der Waals surface area contributed by atoms with E-state index in [1.54, 1.807) is 97.1 Å². The summed E-state index contributed by atoms with van der Waals surface area (Å²) >= 11 is 10.5. The van der Waals surface area contributed by atoms with Gasteiger partial charge in [0.1, 0.15) is 23.0 Å². The van der Waals surface area contributed by atoms with Crippen molar-refractivity contribution in [2.24, 2.45) is 0 Å². The molecule has 1 atom stereocenters. The molecular formula is C38H26BrClFN3O5S. The summed E-state index contributed by atoms with van der Waals surface area (Å²) in [4.78, 5) is 54.7. The molecule has 250 valence electrons. The molecule has 1 heterocycles. The van der Waals surface area contributed by atoms with Crippen LogP contribution in [0.15, 0.2) is 136 Å². The summed E-state index contributed by atoms with van der Waals surface area (Å²) in [6.45, 7) is 0. The SMILES string of the molecule is O=C(Nc1cccc(S[C@@H]2CC(=O)N(c3ccc(Oc4ccc(Cl)cc4)cc3)C2=O)c1)/C(=C/c1ccc(Br)cc1)NC(=O)c1ccccc1F. The molecule has 0 saturated carbocycles. The molecule has 0 bridgehead atoms. The van der Waals surface area contributed by atoms with Crippen LogP contribution in [0.2, 0.25) is 5.02 Å². The van der Waals surface area contributed by atoms with Crippen molar-refractivity contribution in [3.63, 3.8) is 0 Å². The zero-order valence-corrected chi connectivity index (χ0v) is 29.1. The highest BCUT2D eigenvalue weighted by Gasteiger charge is 2.40. The largest absolute Gasteiger partial charge is 0.457 e. The fraction of sp³-hybridized carbons (Fsp3) is 0.0526. The van der Waals surface area contributed by atoms with E-state index in [1.807, 2.05) is 0 Å². The van der Waals surface area contributed by atoms with Crippen molar-refractivity contribution in [1.82, 2.24) is 5.32 Å². The lowest BCUT2D eigenvalue weighted by atomic mass is 10.1. The number of ether oxygens (including phenoxy) is 1. The van der Waals surface area contributed by atoms with Crippen LogP contribution in [0.1, 0.15) is 22.3 Å². The van der Waals surface area contributed by atoms with Crippen LogP contribution in [0, 0.1) is 5.82 Å². The maximum atomic E-state index is 14.3. The van der Waals surface area contributed by atoms with Crippen LogP contribution in [0.4, 0.5) is 15.8 Å². The zero-order valence-electron chi connectivity index (χ0n) is 25.9. The number of imide groups is 1. The average Bonchev–Trinajstić information content (AvgIpc) is 3.38. The number of rotatable bonds is 10. The Labute approximate surface area is 304 Å². The van der Waals surface area contributed by atoms with E-state index in [1.165, 1.54) is 36.0 Å².